The second kappa shape index (κ2) is 4.95. The minimum Gasteiger partial charge on any atom is -0.481 e. The zero-order valence-electron chi connectivity index (χ0n) is 9.06. The highest BCUT2D eigenvalue weighted by molar-refractivity contribution is 8.00. The molecular weight excluding hydrogens is 226 g/mol. The number of carboxylic acids is 1. The van der Waals surface area contributed by atoms with Crippen LogP contribution in [0.5, 0.6) is 0 Å². The molecule has 5 nitrogen and oxygen atoms in total. The molecule has 90 valence electrons. The highest BCUT2D eigenvalue weighted by atomic mass is 32.2. The first-order valence-electron chi connectivity index (χ1n) is 5.60. The van der Waals surface area contributed by atoms with Crippen LogP contribution in [0.25, 0.3) is 0 Å². The largest absolute Gasteiger partial charge is 0.481 e. The van der Waals surface area contributed by atoms with Crippen LogP contribution in [-0.4, -0.2) is 40.1 Å². The van der Waals surface area contributed by atoms with E-state index < -0.39 is 5.97 Å². The molecule has 0 aromatic rings. The van der Waals surface area contributed by atoms with Crippen molar-refractivity contribution >= 4 is 23.7 Å². The van der Waals surface area contributed by atoms with Gasteiger partial charge in [-0.05, 0) is 12.8 Å². The Kier molecular flexibility index (Phi) is 3.58. The van der Waals surface area contributed by atoms with E-state index in [4.69, 9.17) is 10.8 Å². The van der Waals surface area contributed by atoms with E-state index in [1.165, 1.54) is 0 Å². The number of thioether (sulfide) groups is 1. The predicted octanol–water partition coefficient (Wildman–Crippen LogP) is 0.402. The molecule has 1 fully saturated rings. The first-order chi connectivity index (χ1) is 7.66. The fraction of sp³-hybridized carbons (Fsp3) is 0.800. The lowest BCUT2D eigenvalue weighted by Crippen LogP contribution is -2.38. The molecule has 0 aliphatic carbocycles. The van der Waals surface area contributed by atoms with E-state index in [0.717, 1.165) is 25.0 Å². The molecule has 0 aromatic heterocycles. The van der Waals surface area contributed by atoms with E-state index in [2.05, 4.69) is 10.3 Å². The van der Waals surface area contributed by atoms with Gasteiger partial charge in [0.15, 0.2) is 5.96 Å². The predicted molar refractivity (Wildman–Crippen MR) is 64.7 cm³/mol. The molecule has 0 aromatic carbocycles. The van der Waals surface area contributed by atoms with Crippen molar-refractivity contribution in [3.8, 4) is 0 Å². The van der Waals surface area contributed by atoms with Crippen molar-refractivity contribution in [3.63, 3.8) is 0 Å². The van der Waals surface area contributed by atoms with Crippen molar-refractivity contribution in [3.05, 3.63) is 0 Å². The van der Waals surface area contributed by atoms with Crippen LogP contribution < -0.4 is 11.1 Å². The maximum Gasteiger partial charge on any atom is 0.303 e. The van der Waals surface area contributed by atoms with Gasteiger partial charge in [-0.1, -0.05) is 6.42 Å². The number of rotatable bonds is 5. The van der Waals surface area contributed by atoms with Crippen LogP contribution in [0.15, 0.2) is 4.99 Å². The van der Waals surface area contributed by atoms with Gasteiger partial charge in [0, 0.05) is 17.4 Å². The van der Waals surface area contributed by atoms with Crippen LogP contribution in [0.1, 0.15) is 25.7 Å². The highest BCUT2D eigenvalue weighted by Gasteiger charge is 2.39. The summed E-state index contributed by atoms with van der Waals surface area (Å²) in [4.78, 5) is 14.8. The zero-order chi connectivity index (χ0) is 11.5. The third-order valence-electron chi connectivity index (χ3n) is 3.03. The summed E-state index contributed by atoms with van der Waals surface area (Å²) < 4.78 is 0. The molecule has 4 N–H and O–H groups in total. The number of aliphatic imine (C=N–C) groups is 1. The van der Waals surface area contributed by atoms with Gasteiger partial charge < -0.3 is 16.2 Å². The minimum atomic E-state index is -0.707. The molecule has 2 aliphatic rings. The average molecular weight is 243 g/mol. The molecule has 2 rings (SSSR count). The standard InChI is InChI=1S/C10H17N3O2S/c11-10-12-6-5-16-7(9(6)13-10)3-1-2-4-8(14)15/h6-7,9H,1-5H2,(H,14,15)(H3,11,12,13). The van der Waals surface area contributed by atoms with Crippen LogP contribution in [0.2, 0.25) is 0 Å². The quantitative estimate of drug-likeness (QED) is 0.608. The number of hydrogen-bond acceptors (Lipinski definition) is 5. The highest BCUT2D eigenvalue weighted by Crippen LogP contribution is 2.35. The molecular formula is C10H17N3O2S. The van der Waals surface area contributed by atoms with E-state index in [1.807, 2.05) is 11.8 Å². The summed E-state index contributed by atoms with van der Waals surface area (Å²) in [6, 6.07) is 0.698. The number of hydrogen-bond donors (Lipinski definition) is 3. The van der Waals surface area contributed by atoms with Crippen molar-refractivity contribution in [2.45, 2.75) is 43.0 Å². The maximum atomic E-state index is 10.4. The van der Waals surface area contributed by atoms with Crippen LogP contribution >= 0.6 is 11.8 Å². The molecule has 2 aliphatic heterocycles. The van der Waals surface area contributed by atoms with Gasteiger partial charge in [-0.2, -0.15) is 11.8 Å². The first-order valence-corrected chi connectivity index (χ1v) is 6.65. The molecule has 0 amide bonds. The van der Waals surface area contributed by atoms with Crippen molar-refractivity contribution in [2.75, 3.05) is 5.75 Å². The van der Waals surface area contributed by atoms with Crippen molar-refractivity contribution in [1.82, 2.24) is 5.32 Å². The van der Waals surface area contributed by atoms with Gasteiger partial charge in [0.1, 0.15) is 0 Å². The first kappa shape index (κ1) is 11.6. The lowest BCUT2D eigenvalue weighted by molar-refractivity contribution is -0.137. The topological polar surface area (TPSA) is 87.7 Å². The van der Waals surface area contributed by atoms with E-state index in [-0.39, 0.29) is 6.42 Å². The zero-order valence-corrected chi connectivity index (χ0v) is 9.87. The van der Waals surface area contributed by atoms with Gasteiger partial charge >= 0.3 is 5.97 Å². The van der Waals surface area contributed by atoms with Crippen LogP contribution in [0.3, 0.4) is 0 Å². The number of unbranched alkanes of at least 4 members (excludes halogenated alkanes) is 1. The van der Waals surface area contributed by atoms with Crippen molar-refractivity contribution in [2.24, 2.45) is 10.7 Å². The molecule has 2 heterocycles. The van der Waals surface area contributed by atoms with Gasteiger partial charge in [-0.25, -0.2) is 4.99 Å². The second-order valence-electron chi connectivity index (χ2n) is 4.27. The van der Waals surface area contributed by atoms with Gasteiger partial charge in [-0.3, -0.25) is 4.79 Å². The van der Waals surface area contributed by atoms with Gasteiger partial charge in [0.25, 0.3) is 0 Å². The molecule has 16 heavy (non-hydrogen) atoms. The second-order valence-corrected chi connectivity index (χ2v) is 5.54. The Hall–Kier alpha value is -0.910. The molecule has 0 radical (unpaired) electrons. The number of guanidine groups is 1. The number of fused-ring (bicyclic) bond motifs is 1. The summed E-state index contributed by atoms with van der Waals surface area (Å²) in [5.41, 5.74) is 5.63. The average Bonchev–Trinajstić information content (AvgIpc) is 2.72. The summed E-state index contributed by atoms with van der Waals surface area (Å²) in [5.74, 6) is 0.908. The number of carbonyl (C=O) groups is 1. The third kappa shape index (κ3) is 2.61. The van der Waals surface area contributed by atoms with Gasteiger partial charge in [-0.15, -0.1) is 0 Å². The third-order valence-corrected chi connectivity index (χ3v) is 4.53. The lowest BCUT2D eigenvalue weighted by Gasteiger charge is -2.13. The smallest absolute Gasteiger partial charge is 0.303 e. The number of nitrogens with one attached hydrogen (secondary N) is 1. The molecule has 6 heteroatoms. The molecule has 0 spiro atoms. The SMILES string of the molecule is NC1=NC2C(CSC2CCCCC(=O)O)N1. The van der Waals surface area contributed by atoms with E-state index in [9.17, 15) is 4.79 Å². The maximum absolute atomic E-state index is 10.4. The minimum absolute atomic E-state index is 0.273. The molecule has 0 saturated carbocycles. The summed E-state index contributed by atoms with van der Waals surface area (Å²) in [7, 11) is 0. The normalized spacial score (nSPS) is 32.0. The Labute approximate surface area is 98.9 Å². The molecule has 0 bridgehead atoms. The summed E-state index contributed by atoms with van der Waals surface area (Å²) >= 11 is 1.92. The lowest BCUT2D eigenvalue weighted by atomic mass is 10.0. The fourth-order valence-corrected chi connectivity index (χ4v) is 3.76. The van der Waals surface area contributed by atoms with Crippen molar-refractivity contribution in [1.29, 1.82) is 0 Å². The number of nitrogens with two attached hydrogens (primary N) is 1. The van der Waals surface area contributed by atoms with E-state index in [1.54, 1.807) is 0 Å². The van der Waals surface area contributed by atoms with Gasteiger partial charge in [0.2, 0.25) is 0 Å². The number of nitrogens with zero attached hydrogens (tertiary/aromatic N) is 1. The summed E-state index contributed by atoms with van der Waals surface area (Å²) in [6.45, 7) is 0. The van der Waals surface area contributed by atoms with Crippen molar-refractivity contribution < 1.29 is 9.90 Å². The fourth-order valence-electron chi connectivity index (χ4n) is 2.25. The Morgan fingerprint density at radius 1 is 1.62 bits per heavy atom. The van der Waals surface area contributed by atoms with Gasteiger partial charge in [0.05, 0.1) is 12.1 Å². The number of carboxylic acid groups (broad SMARTS) is 1. The monoisotopic (exact) mass is 243 g/mol. The van der Waals surface area contributed by atoms with E-state index >= 15 is 0 Å². The summed E-state index contributed by atoms with van der Waals surface area (Å²) in [6.07, 6.45) is 3.03. The molecule has 3 unspecified atom stereocenters. The Balaban J connectivity index is 1.72. The molecule has 1 saturated heterocycles. The summed E-state index contributed by atoms with van der Waals surface area (Å²) in [5, 5.41) is 12.2. The Morgan fingerprint density at radius 3 is 3.19 bits per heavy atom. The van der Waals surface area contributed by atoms with E-state index in [0.29, 0.717) is 23.3 Å². The van der Waals surface area contributed by atoms with Crippen LogP contribution in [0, 0.1) is 0 Å². The number of aliphatic carboxylic acids is 1. The van der Waals surface area contributed by atoms with Crippen LogP contribution in [0.4, 0.5) is 0 Å². The Bertz CT molecular complexity index is 308. The molecule has 3 atom stereocenters. The Morgan fingerprint density at radius 2 is 2.44 bits per heavy atom. The van der Waals surface area contributed by atoms with Crippen LogP contribution in [-0.2, 0) is 4.79 Å².